The van der Waals surface area contributed by atoms with Gasteiger partial charge in [-0.3, -0.25) is 19.1 Å². The SMILES string of the molecule is COc1cc2ccccc2c(O[C@@H]2C[C@H]3C(=O)N[C@]4(C(=O)NS(=O)(=O)C5(CF)CC5)C[C@H]4C=CCC[C@@H](C)C[C@@H](C)[C@H](NC(=O)O)C(=O)N3C2)n1. The number of carboxylic acid groups (broad SMARTS) is 1. The molecule has 6 rings (SSSR count). The Kier molecular flexibility index (Phi) is 9.92. The number of benzene rings is 1. The van der Waals surface area contributed by atoms with Gasteiger partial charge in [0.2, 0.25) is 33.6 Å². The van der Waals surface area contributed by atoms with Gasteiger partial charge in [-0.2, -0.15) is 4.98 Å². The number of hydrogen-bond donors (Lipinski definition) is 4. The van der Waals surface area contributed by atoms with Crippen LogP contribution < -0.4 is 24.8 Å². The fourth-order valence-electron chi connectivity index (χ4n) is 7.38. The minimum absolute atomic E-state index is 0.0448. The van der Waals surface area contributed by atoms with Gasteiger partial charge in [0.15, 0.2) is 0 Å². The number of amides is 4. The van der Waals surface area contributed by atoms with E-state index in [2.05, 4.69) is 20.3 Å². The highest BCUT2D eigenvalue weighted by Gasteiger charge is 2.64. The number of hydrogen-bond acceptors (Lipinski definition) is 9. The molecule has 14 nitrogen and oxygen atoms in total. The number of fused-ring (bicyclic) bond motifs is 3. The second-order valence-electron chi connectivity index (χ2n) is 14.4. The van der Waals surface area contributed by atoms with E-state index in [-0.39, 0.29) is 49.9 Å². The number of carbonyl (C=O) groups excluding carboxylic acids is 3. The third-order valence-electron chi connectivity index (χ3n) is 10.7. The van der Waals surface area contributed by atoms with Crippen molar-refractivity contribution in [3.8, 4) is 11.8 Å². The van der Waals surface area contributed by atoms with Crippen molar-refractivity contribution >= 4 is 44.6 Å². The maximum Gasteiger partial charge on any atom is 0.405 e. The molecule has 2 saturated carbocycles. The summed E-state index contributed by atoms with van der Waals surface area (Å²) in [5.74, 6) is -2.75. The quantitative estimate of drug-likeness (QED) is 0.294. The number of nitrogens with one attached hydrogen (secondary N) is 3. The number of halogens is 1. The van der Waals surface area contributed by atoms with Gasteiger partial charge in [0.05, 0.1) is 13.7 Å². The molecule has 2 aliphatic carbocycles. The first-order valence-electron chi connectivity index (χ1n) is 17.2. The number of rotatable bonds is 8. The lowest BCUT2D eigenvalue weighted by molar-refractivity contribution is -0.142. The van der Waals surface area contributed by atoms with Crippen LogP contribution in [-0.2, 0) is 24.4 Å². The van der Waals surface area contributed by atoms with Crippen LogP contribution >= 0.6 is 0 Å². The molecule has 51 heavy (non-hydrogen) atoms. The zero-order valence-electron chi connectivity index (χ0n) is 28.8. The fourth-order valence-corrected chi connectivity index (χ4v) is 8.81. The normalized spacial score (nSPS) is 30.5. The summed E-state index contributed by atoms with van der Waals surface area (Å²) in [6.07, 6.45) is 3.49. The summed E-state index contributed by atoms with van der Waals surface area (Å²) in [5, 5.41) is 16.3. The third-order valence-corrected chi connectivity index (χ3v) is 12.8. The topological polar surface area (TPSA) is 193 Å². The Labute approximate surface area is 295 Å². The van der Waals surface area contributed by atoms with E-state index >= 15 is 0 Å². The number of pyridine rings is 1. The summed E-state index contributed by atoms with van der Waals surface area (Å²) < 4.78 is 52.0. The zero-order chi connectivity index (χ0) is 36.7. The molecule has 4 N–H and O–H groups in total. The Morgan fingerprint density at radius 2 is 1.92 bits per heavy atom. The Hall–Kier alpha value is -4.47. The van der Waals surface area contributed by atoms with Crippen molar-refractivity contribution in [3.63, 3.8) is 0 Å². The molecule has 1 aromatic carbocycles. The number of methoxy groups -OCH3 is 1. The molecule has 7 atom stereocenters. The van der Waals surface area contributed by atoms with Crippen LogP contribution in [0.15, 0.2) is 42.5 Å². The van der Waals surface area contributed by atoms with E-state index in [9.17, 15) is 37.1 Å². The number of alkyl halides is 1. The van der Waals surface area contributed by atoms with E-state index in [1.165, 1.54) is 12.0 Å². The molecule has 0 spiro atoms. The summed E-state index contributed by atoms with van der Waals surface area (Å²) in [6, 6.07) is 6.65. The molecule has 0 unspecified atom stereocenters. The number of ether oxygens (including phenoxy) is 2. The van der Waals surface area contributed by atoms with Crippen molar-refractivity contribution in [1.82, 2.24) is 25.2 Å². The van der Waals surface area contributed by atoms with Gasteiger partial charge in [0, 0.05) is 23.8 Å². The van der Waals surface area contributed by atoms with E-state index in [0.29, 0.717) is 24.6 Å². The average Bonchev–Trinajstić information content (AvgIpc) is 3.99. The minimum atomic E-state index is -4.38. The fraction of sp³-hybridized carbons (Fsp3) is 0.571. The Morgan fingerprint density at radius 3 is 2.61 bits per heavy atom. The molecular weight excluding hydrogens is 685 g/mol. The van der Waals surface area contributed by atoms with E-state index in [1.807, 2.05) is 37.3 Å². The highest BCUT2D eigenvalue weighted by molar-refractivity contribution is 7.91. The van der Waals surface area contributed by atoms with Crippen LogP contribution in [-0.4, -0.2) is 96.0 Å². The van der Waals surface area contributed by atoms with Crippen molar-refractivity contribution in [2.45, 2.75) is 87.3 Å². The zero-order valence-corrected chi connectivity index (χ0v) is 29.6. The summed E-state index contributed by atoms with van der Waals surface area (Å²) >= 11 is 0. The molecule has 3 heterocycles. The monoisotopic (exact) mass is 729 g/mol. The second kappa shape index (κ2) is 13.9. The lowest BCUT2D eigenvalue weighted by atomic mass is 9.88. The largest absolute Gasteiger partial charge is 0.481 e. The molecule has 3 fully saturated rings. The molecule has 4 amide bonds. The Morgan fingerprint density at radius 1 is 1.18 bits per heavy atom. The highest BCUT2D eigenvalue weighted by atomic mass is 32.2. The molecule has 2 aliphatic heterocycles. The summed E-state index contributed by atoms with van der Waals surface area (Å²) in [6.45, 7) is 2.54. The van der Waals surface area contributed by atoms with Crippen molar-refractivity contribution in [3.05, 3.63) is 42.5 Å². The smallest absolute Gasteiger partial charge is 0.405 e. The maximum atomic E-state index is 14.3. The van der Waals surface area contributed by atoms with Gasteiger partial charge in [-0.25, -0.2) is 17.6 Å². The van der Waals surface area contributed by atoms with Crippen molar-refractivity contribution in [2.24, 2.45) is 17.8 Å². The van der Waals surface area contributed by atoms with Crippen LogP contribution in [0.2, 0.25) is 0 Å². The minimum Gasteiger partial charge on any atom is -0.481 e. The predicted molar refractivity (Wildman–Crippen MR) is 183 cm³/mol. The molecule has 0 bridgehead atoms. The first-order chi connectivity index (χ1) is 24.2. The number of sulfonamides is 1. The van der Waals surface area contributed by atoms with Crippen molar-refractivity contribution < 1.29 is 46.6 Å². The summed E-state index contributed by atoms with van der Waals surface area (Å²) in [7, 11) is -2.92. The van der Waals surface area contributed by atoms with Gasteiger partial charge in [-0.05, 0) is 61.8 Å². The van der Waals surface area contributed by atoms with Gasteiger partial charge >= 0.3 is 6.09 Å². The van der Waals surface area contributed by atoms with Gasteiger partial charge in [-0.15, -0.1) is 0 Å². The van der Waals surface area contributed by atoms with Crippen LogP contribution in [0.3, 0.4) is 0 Å². The second-order valence-corrected chi connectivity index (χ2v) is 16.5. The van der Waals surface area contributed by atoms with Crippen LogP contribution in [0.5, 0.6) is 11.8 Å². The molecule has 4 aliphatic rings. The molecular formula is C35H44FN5O9S. The summed E-state index contributed by atoms with van der Waals surface area (Å²) in [4.78, 5) is 60.1. The Balaban J connectivity index is 1.35. The average molecular weight is 730 g/mol. The van der Waals surface area contributed by atoms with Crippen LogP contribution in [0, 0.1) is 17.8 Å². The molecule has 276 valence electrons. The molecule has 2 aromatic rings. The molecule has 0 radical (unpaired) electrons. The molecule has 16 heteroatoms. The number of allylic oxidation sites excluding steroid dienone is 1. The third kappa shape index (κ3) is 7.19. The van der Waals surface area contributed by atoms with E-state index in [0.717, 1.165) is 5.39 Å². The molecule has 1 saturated heterocycles. The first kappa shape index (κ1) is 36.3. The van der Waals surface area contributed by atoms with Crippen molar-refractivity contribution in [2.75, 3.05) is 20.3 Å². The number of nitrogens with zero attached hydrogens (tertiary/aromatic N) is 2. The first-order valence-corrected chi connectivity index (χ1v) is 18.7. The van der Waals surface area contributed by atoms with E-state index in [1.54, 1.807) is 19.1 Å². The predicted octanol–water partition coefficient (Wildman–Crippen LogP) is 3.06. The highest BCUT2D eigenvalue weighted by Crippen LogP contribution is 2.48. The Bertz CT molecular complexity index is 1850. The van der Waals surface area contributed by atoms with E-state index in [4.69, 9.17) is 9.47 Å². The van der Waals surface area contributed by atoms with E-state index < -0.39 is 80.8 Å². The van der Waals surface area contributed by atoms with Crippen LogP contribution in [0.4, 0.5) is 9.18 Å². The van der Waals surface area contributed by atoms with Gasteiger partial charge < -0.3 is 30.1 Å². The lowest BCUT2D eigenvalue weighted by Crippen LogP contribution is -2.59. The van der Waals surface area contributed by atoms with Crippen molar-refractivity contribution in [1.29, 1.82) is 0 Å². The maximum absolute atomic E-state index is 14.3. The number of aromatic nitrogens is 1. The lowest BCUT2D eigenvalue weighted by Gasteiger charge is -2.32. The van der Waals surface area contributed by atoms with Gasteiger partial charge in [0.25, 0.3) is 5.91 Å². The standard InChI is InChI=1S/C35H44FN5O9S/c1-20-8-4-6-10-23-17-35(23,32(44)40-51(47,48)34(19-36)12-13-34)39-29(42)26-16-24(18-41(26)31(43)28(21(2)14-20)38-33(45)46)50-30-25-11-7-5-9-22(25)15-27(37-30)49-3/h5-7,9-11,15,20-21,23-24,26,28,38H,4,8,12-14,16-19H2,1-3H3,(H,39,42)(H,40,44)(H,45,46)/t20-,21-,23-,24-,26+,28+,35-/m1/s1. The summed E-state index contributed by atoms with van der Waals surface area (Å²) in [5.41, 5.74) is -1.66. The van der Waals surface area contributed by atoms with Crippen LogP contribution in [0.1, 0.15) is 58.8 Å². The molecule has 1 aromatic heterocycles. The van der Waals surface area contributed by atoms with Gasteiger partial charge in [-0.1, -0.05) is 44.2 Å². The number of carbonyl (C=O) groups is 4. The van der Waals surface area contributed by atoms with Crippen LogP contribution in [0.25, 0.3) is 10.8 Å². The van der Waals surface area contributed by atoms with Gasteiger partial charge in [0.1, 0.15) is 35.1 Å².